The molecule has 1 amide bonds. The molecular formula is C12H23NO2. The molecule has 1 rings (SSSR count). The van der Waals surface area contributed by atoms with Crippen molar-refractivity contribution < 1.29 is 9.53 Å². The summed E-state index contributed by atoms with van der Waals surface area (Å²) in [4.78, 5) is 13.5. The molecule has 0 spiro atoms. The van der Waals surface area contributed by atoms with E-state index in [-0.39, 0.29) is 12.5 Å². The predicted octanol–water partition coefficient (Wildman–Crippen LogP) is 1.92. The van der Waals surface area contributed by atoms with Gasteiger partial charge in [0.25, 0.3) is 0 Å². The van der Waals surface area contributed by atoms with Crippen LogP contribution in [0.5, 0.6) is 0 Å². The van der Waals surface area contributed by atoms with Gasteiger partial charge in [-0.25, -0.2) is 0 Å². The number of methoxy groups -OCH3 is 1. The molecule has 0 N–H and O–H groups in total. The van der Waals surface area contributed by atoms with Crippen molar-refractivity contribution in [3.05, 3.63) is 0 Å². The maximum atomic E-state index is 11.6. The molecule has 88 valence electrons. The first-order valence-electron chi connectivity index (χ1n) is 5.69. The van der Waals surface area contributed by atoms with Crippen LogP contribution < -0.4 is 0 Å². The van der Waals surface area contributed by atoms with Gasteiger partial charge in [0.15, 0.2) is 0 Å². The average molecular weight is 213 g/mol. The van der Waals surface area contributed by atoms with Crippen LogP contribution in [0.2, 0.25) is 0 Å². The molecule has 0 radical (unpaired) electrons. The van der Waals surface area contributed by atoms with Crippen molar-refractivity contribution in [2.75, 3.05) is 26.8 Å². The number of likely N-dealkylation sites (tertiary alicyclic amines) is 1. The summed E-state index contributed by atoms with van der Waals surface area (Å²) in [5, 5.41) is 0. The highest BCUT2D eigenvalue weighted by atomic mass is 16.5. The Hall–Kier alpha value is -0.570. The number of hydrogen-bond acceptors (Lipinski definition) is 2. The van der Waals surface area contributed by atoms with E-state index in [1.54, 1.807) is 7.11 Å². The fraction of sp³-hybridized carbons (Fsp3) is 0.917. The molecule has 1 heterocycles. The topological polar surface area (TPSA) is 29.5 Å². The Balaban J connectivity index is 2.36. The van der Waals surface area contributed by atoms with Crippen LogP contribution in [-0.2, 0) is 9.53 Å². The van der Waals surface area contributed by atoms with Crippen LogP contribution in [-0.4, -0.2) is 37.6 Å². The van der Waals surface area contributed by atoms with E-state index in [1.807, 2.05) is 4.90 Å². The van der Waals surface area contributed by atoms with E-state index in [0.29, 0.717) is 11.3 Å². The fourth-order valence-corrected chi connectivity index (χ4v) is 2.31. The molecule has 0 aromatic carbocycles. The summed E-state index contributed by atoms with van der Waals surface area (Å²) in [7, 11) is 1.57. The SMILES string of the molecule is COCC(=O)N1CCC(CC(C)(C)C)C1. The van der Waals surface area contributed by atoms with Gasteiger partial charge in [-0.3, -0.25) is 4.79 Å². The monoisotopic (exact) mass is 213 g/mol. The first-order chi connectivity index (χ1) is 6.92. The Morgan fingerprint density at radius 1 is 1.47 bits per heavy atom. The molecule has 0 aromatic heterocycles. The van der Waals surface area contributed by atoms with Crippen molar-refractivity contribution in [3.63, 3.8) is 0 Å². The summed E-state index contributed by atoms with van der Waals surface area (Å²) < 4.78 is 4.86. The van der Waals surface area contributed by atoms with Gasteiger partial charge in [-0.2, -0.15) is 0 Å². The van der Waals surface area contributed by atoms with Crippen molar-refractivity contribution in [1.29, 1.82) is 0 Å². The second kappa shape index (κ2) is 4.97. The Kier molecular flexibility index (Phi) is 4.14. The molecule has 0 aromatic rings. The molecule has 1 aliphatic rings. The van der Waals surface area contributed by atoms with Gasteiger partial charge >= 0.3 is 0 Å². The zero-order valence-electron chi connectivity index (χ0n) is 10.4. The maximum absolute atomic E-state index is 11.6. The average Bonchev–Trinajstić information content (AvgIpc) is 2.50. The summed E-state index contributed by atoms with van der Waals surface area (Å²) >= 11 is 0. The van der Waals surface area contributed by atoms with Crippen LogP contribution in [0.15, 0.2) is 0 Å². The number of ether oxygens (including phenoxy) is 1. The van der Waals surface area contributed by atoms with E-state index in [0.717, 1.165) is 19.5 Å². The van der Waals surface area contributed by atoms with Crippen LogP contribution in [0.3, 0.4) is 0 Å². The lowest BCUT2D eigenvalue weighted by Crippen LogP contribution is -2.32. The zero-order valence-corrected chi connectivity index (χ0v) is 10.4. The summed E-state index contributed by atoms with van der Waals surface area (Å²) in [6, 6.07) is 0. The van der Waals surface area contributed by atoms with Gasteiger partial charge in [0.05, 0.1) is 0 Å². The quantitative estimate of drug-likeness (QED) is 0.717. The molecule has 1 aliphatic heterocycles. The number of carbonyl (C=O) groups excluding carboxylic acids is 1. The second-order valence-corrected chi connectivity index (χ2v) is 5.69. The number of rotatable bonds is 3. The molecule has 1 atom stereocenters. The molecule has 0 bridgehead atoms. The third-order valence-corrected chi connectivity index (χ3v) is 2.81. The minimum Gasteiger partial charge on any atom is -0.375 e. The van der Waals surface area contributed by atoms with Gasteiger partial charge in [0, 0.05) is 20.2 Å². The first-order valence-corrected chi connectivity index (χ1v) is 5.69. The van der Waals surface area contributed by atoms with Crippen molar-refractivity contribution in [3.8, 4) is 0 Å². The minimum atomic E-state index is 0.133. The summed E-state index contributed by atoms with van der Waals surface area (Å²) in [6.07, 6.45) is 2.34. The maximum Gasteiger partial charge on any atom is 0.248 e. The molecular weight excluding hydrogens is 190 g/mol. The third-order valence-electron chi connectivity index (χ3n) is 2.81. The number of nitrogens with zero attached hydrogens (tertiary/aromatic N) is 1. The van der Waals surface area contributed by atoms with Crippen molar-refractivity contribution in [1.82, 2.24) is 4.90 Å². The van der Waals surface area contributed by atoms with Gasteiger partial charge in [0.2, 0.25) is 5.91 Å². The van der Waals surface area contributed by atoms with E-state index in [1.165, 1.54) is 6.42 Å². The molecule has 1 unspecified atom stereocenters. The Bertz CT molecular complexity index is 220. The molecule has 1 saturated heterocycles. The standard InChI is InChI=1S/C12H23NO2/c1-12(2,3)7-10-5-6-13(8-10)11(14)9-15-4/h10H,5-9H2,1-4H3. The third kappa shape index (κ3) is 4.20. The molecule has 1 fully saturated rings. The Labute approximate surface area is 92.8 Å². The fourth-order valence-electron chi connectivity index (χ4n) is 2.31. The molecule has 0 saturated carbocycles. The van der Waals surface area contributed by atoms with Crippen LogP contribution in [0.25, 0.3) is 0 Å². The van der Waals surface area contributed by atoms with Crippen LogP contribution in [0, 0.1) is 11.3 Å². The lowest BCUT2D eigenvalue weighted by atomic mass is 9.84. The smallest absolute Gasteiger partial charge is 0.248 e. The minimum absolute atomic E-state index is 0.133. The second-order valence-electron chi connectivity index (χ2n) is 5.69. The van der Waals surface area contributed by atoms with Gasteiger partial charge in [-0.1, -0.05) is 20.8 Å². The van der Waals surface area contributed by atoms with E-state index >= 15 is 0 Å². The van der Waals surface area contributed by atoms with Gasteiger partial charge in [0.1, 0.15) is 6.61 Å². The summed E-state index contributed by atoms with van der Waals surface area (Å²) in [6.45, 7) is 8.82. The highest BCUT2D eigenvalue weighted by molar-refractivity contribution is 5.77. The normalized spacial score (nSPS) is 22.1. The van der Waals surface area contributed by atoms with Crippen molar-refractivity contribution >= 4 is 5.91 Å². The molecule has 15 heavy (non-hydrogen) atoms. The summed E-state index contributed by atoms with van der Waals surface area (Å²) in [5.74, 6) is 0.805. The molecule has 0 aliphatic carbocycles. The van der Waals surface area contributed by atoms with Gasteiger partial charge in [-0.05, 0) is 24.2 Å². The van der Waals surface area contributed by atoms with Crippen molar-refractivity contribution in [2.24, 2.45) is 11.3 Å². The van der Waals surface area contributed by atoms with E-state index < -0.39 is 0 Å². The lowest BCUT2D eigenvalue weighted by Gasteiger charge is -2.23. The van der Waals surface area contributed by atoms with E-state index in [9.17, 15) is 4.79 Å². The molecule has 3 nitrogen and oxygen atoms in total. The van der Waals surface area contributed by atoms with Crippen LogP contribution in [0.1, 0.15) is 33.6 Å². The summed E-state index contributed by atoms with van der Waals surface area (Å²) in [5.41, 5.74) is 0.366. The number of carbonyl (C=O) groups is 1. The lowest BCUT2D eigenvalue weighted by molar-refractivity contribution is -0.134. The Morgan fingerprint density at radius 3 is 2.67 bits per heavy atom. The van der Waals surface area contributed by atoms with Crippen LogP contribution >= 0.6 is 0 Å². The Morgan fingerprint density at radius 2 is 2.13 bits per heavy atom. The van der Waals surface area contributed by atoms with Crippen LogP contribution in [0.4, 0.5) is 0 Å². The zero-order chi connectivity index (χ0) is 11.5. The van der Waals surface area contributed by atoms with Crippen molar-refractivity contribution in [2.45, 2.75) is 33.6 Å². The van der Waals surface area contributed by atoms with E-state index in [2.05, 4.69) is 20.8 Å². The van der Waals surface area contributed by atoms with Gasteiger partial charge < -0.3 is 9.64 Å². The number of hydrogen-bond donors (Lipinski definition) is 0. The first kappa shape index (κ1) is 12.5. The highest BCUT2D eigenvalue weighted by Gasteiger charge is 2.28. The van der Waals surface area contributed by atoms with E-state index in [4.69, 9.17) is 4.74 Å². The highest BCUT2D eigenvalue weighted by Crippen LogP contribution is 2.30. The predicted molar refractivity (Wildman–Crippen MR) is 60.6 cm³/mol. The number of amides is 1. The molecule has 3 heteroatoms. The largest absolute Gasteiger partial charge is 0.375 e. The van der Waals surface area contributed by atoms with Gasteiger partial charge in [-0.15, -0.1) is 0 Å².